The fourth-order valence-electron chi connectivity index (χ4n) is 5.98. The number of piperidine rings is 1. The lowest BCUT2D eigenvalue weighted by Gasteiger charge is -2.17. The van der Waals surface area contributed by atoms with E-state index in [0.717, 1.165) is 41.8 Å². The van der Waals surface area contributed by atoms with Gasteiger partial charge < -0.3 is 34.3 Å². The largest absolute Gasteiger partial charge is 0.493 e. The number of carbonyl (C=O) groups excluding carboxylic acids is 1. The van der Waals surface area contributed by atoms with Gasteiger partial charge in [0.15, 0.2) is 11.5 Å². The van der Waals surface area contributed by atoms with Gasteiger partial charge >= 0.3 is 0 Å². The second kappa shape index (κ2) is 13.0. The van der Waals surface area contributed by atoms with Gasteiger partial charge in [-0.05, 0) is 48.6 Å². The van der Waals surface area contributed by atoms with Crippen molar-refractivity contribution < 1.29 is 19.0 Å². The third-order valence-corrected chi connectivity index (χ3v) is 8.52. The van der Waals surface area contributed by atoms with Crippen LogP contribution in [0.2, 0.25) is 0 Å². The van der Waals surface area contributed by atoms with Gasteiger partial charge in [-0.15, -0.1) is 0 Å². The average Bonchev–Trinajstić information content (AvgIpc) is 3.35. The van der Waals surface area contributed by atoms with Crippen LogP contribution in [0.15, 0.2) is 61.1 Å². The maximum absolute atomic E-state index is 12.8. The summed E-state index contributed by atoms with van der Waals surface area (Å²) in [6.45, 7) is 3.64. The molecule has 4 aromatic rings. The van der Waals surface area contributed by atoms with Crippen molar-refractivity contribution in [3.8, 4) is 40.3 Å². The van der Waals surface area contributed by atoms with Crippen LogP contribution < -0.4 is 15.2 Å². The van der Waals surface area contributed by atoms with Gasteiger partial charge in [-0.25, -0.2) is 15.0 Å². The van der Waals surface area contributed by atoms with E-state index in [0.29, 0.717) is 53.8 Å². The van der Waals surface area contributed by atoms with Crippen LogP contribution in [0, 0.1) is 29.6 Å². The molecule has 2 N–H and O–H groups in total. The molecule has 4 heterocycles. The fraction of sp³-hybridized carbons (Fsp3) is 0.353. The summed E-state index contributed by atoms with van der Waals surface area (Å²) in [6.07, 6.45) is 6.74. The van der Waals surface area contributed by atoms with E-state index in [9.17, 15) is 4.79 Å². The molecule has 0 bridgehead atoms. The first-order valence-electron chi connectivity index (χ1n) is 14.9. The smallest absolute Gasteiger partial charge is 0.246 e. The number of likely N-dealkylation sites (N-methyl/N-ethyl adjacent to an activating group) is 1. The van der Waals surface area contributed by atoms with Gasteiger partial charge in [0, 0.05) is 70.2 Å². The summed E-state index contributed by atoms with van der Waals surface area (Å²) >= 11 is 0. The van der Waals surface area contributed by atoms with Gasteiger partial charge in [0.05, 0.1) is 19.1 Å². The van der Waals surface area contributed by atoms with E-state index in [1.807, 2.05) is 60.0 Å². The number of benzene rings is 1. The Morgan fingerprint density at radius 1 is 1.13 bits per heavy atom. The maximum Gasteiger partial charge on any atom is 0.246 e. The number of fused-ring (bicyclic) bond motifs is 2. The fourth-order valence-corrected chi connectivity index (χ4v) is 5.98. The van der Waals surface area contributed by atoms with Crippen LogP contribution >= 0.6 is 0 Å². The van der Waals surface area contributed by atoms with E-state index in [1.54, 1.807) is 32.6 Å². The van der Waals surface area contributed by atoms with E-state index < -0.39 is 0 Å². The van der Waals surface area contributed by atoms with Crippen molar-refractivity contribution in [1.29, 1.82) is 0 Å². The molecular formula is C34H37N7O4. The molecule has 11 heteroatoms. The molecule has 2 aliphatic rings. The van der Waals surface area contributed by atoms with Crippen LogP contribution in [0.5, 0.6) is 17.4 Å². The molecule has 11 nitrogen and oxygen atoms in total. The Morgan fingerprint density at radius 3 is 2.69 bits per heavy atom. The molecule has 1 saturated carbocycles. The number of amides is 1. The van der Waals surface area contributed by atoms with Crippen LogP contribution in [-0.4, -0.2) is 89.3 Å². The second-order valence-electron chi connectivity index (χ2n) is 11.4. The van der Waals surface area contributed by atoms with Gasteiger partial charge in [0.25, 0.3) is 0 Å². The van der Waals surface area contributed by atoms with E-state index in [2.05, 4.69) is 31.7 Å². The van der Waals surface area contributed by atoms with E-state index >= 15 is 0 Å². The molecule has 1 unspecified atom stereocenters. The van der Waals surface area contributed by atoms with Crippen LogP contribution in [0.4, 0.5) is 5.82 Å². The number of rotatable bonds is 10. The molecule has 1 amide bonds. The first kappa shape index (κ1) is 30.1. The number of carbonyl (C=O) groups is 1. The normalized spacial score (nSPS) is 18.7. The summed E-state index contributed by atoms with van der Waals surface area (Å²) in [4.78, 5) is 29.8. The molecule has 2 fully saturated rings. The van der Waals surface area contributed by atoms with Crippen molar-refractivity contribution in [2.45, 2.75) is 0 Å². The highest BCUT2D eigenvalue weighted by Crippen LogP contribution is 2.51. The third kappa shape index (κ3) is 6.20. The topological polar surface area (TPSA) is 121 Å². The lowest BCUT2D eigenvalue weighted by atomic mass is 10.0. The number of hydrogen-bond donors (Lipinski definition) is 1. The van der Waals surface area contributed by atoms with Gasteiger partial charge in [-0.3, -0.25) is 4.79 Å². The average molecular weight is 608 g/mol. The predicted molar refractivity (Wildman–Crippen MR) is 172 cm³/mol. The predicted octanol–water partition coefficient (Wildman–Crippen LogP) is 3.60. The highest BCUT2D eigenvalue weighted by molar-refractivity contribution is 6.03. The number of aryl methyl sites for hydroxylation is 1. The van der Waals surface area contributed by atoms with Crippen molar-refractivity contribution in [3.63, 3.8) is 0 Å². The van der Waals surface area contributed by atoms with Crippen LogP contribution in [0.3, 0.4) is 0 Å². The Kier molecular flexibility index (Phi) is 8.69. The van der Waals surface area contributed by atoms with Crippen molar-refractivity contribution in [3.05, 3.63) is 66.8 Å². The van der Waals surface area contributed by atoms with Gasteiger partial charge in [-0.2, -0.15) is 0 Å². The number of hydrogen-bond acceptors (Lipinski definition) is 9. The maximum atomic E-state index is 12.8. The Balaban J connectivity index is 1.22. The summed E-state index contributed by atoms with van der Waals surface area (Å²) in [5.41, 5.74) is 9.58. The van der Waals surface area contributed by atoms with Crippen molar-refractivity contribution >= 4 is 22.8 Å². The minimum atomic E-state index is 0.0588. The zero-order valence-corrected chi connectivity index (χ0v) is 25.9. The molecule has 1 aromatic carbocycles. The molecule has 232 valence electrons. The van der Waals surface area contributed by atoms with Crippen molar-refractivity contribution in [1.82, 2.24) is 29.3 Å². The third-order valence-electron chi connectivity index (χ3n) is 8.52. The van der Waals surface area contributed by atoms with Crippen LogP contribution in [0.25, 0.3) is 22.2 Å². The van der Waals surface area contributed by atoms with Crippen molar-refractivity contribution in [2.75, 3.05) is 59.8 Å². The lowest BCUT2D eigenvalue weighted by molar-refractivity contribution is -0.125. The van der Waals surface area contributed by atoms with E-state index in [-0.39, 0.29) is 11.8 Å². The Hall–Kier alpha value is -4.92. The minimum absolute atomic E-state index is 0.0588. The van der Waals surface area contributed by atoms with Crippen molar-refractivity contribution in [2.24, 2.45) is 24.8 Å². The highest BCUT2D eigenvalue weighted by atomic mass is 16.5. The number of methoxy groups -OCH3 is 2. The van der Waals surface area contributed by atoms with E-state index in [4.69, 9.17) is 19.9 Å². The van der Waals surface area contributed by atoms with Crippen LogP contribution in [0.1, 0.15) is 5.69 Å². The van der Waals surface area contributed by atoms with E-state index in [1.165, 1.54) is 6.33 Å². The molecule has 45 heavy (non-hydrogen) atoms. The molecular weight excluding hydrogens is 570 g/mol. The standard InChI is InChI=1S/C34H37N7O4/c1-39(16-17-43-3)15-7-9-30(42)41-19-24-23(25(24)20-41)11-12-26-31(32-33(35)37-21-38-34(32)40(26)2)22-10-13-27(28(18-22)44-4)45-29-8-5-6-14-36-29/h5-10,13-14,18,21,23-25H,15-17,19-20H2,1-4H3,(H2,35,37,38)/b9-7+/t23?,24-,25+. The molecule has 3 atom stereocenters. The molecule has 6 rings (SSSR count). The van der Waals surface area contributed by atoms with Gasteiger partial charge in [0.1, 0.15) is 23.5 Å². The summed E-state index contributed by atoms with van der Waals surface area (Å²) in [5, 5.41) is 0.733. The highest BCUT2D eigenvalue weighted by Gasteiger charge is 2.55. The minimum Gasteiger partial charge on any atom is -0.493 e. The zero-order chi connectivity index (χ0) is 31.5. The Labute approximate surface area is 262 Å². The first-order valence-corrected chi connectivity index (χ1v) is 14.9. The van der Waals surface area contributed by atoms with Gasteiger partial charge in [-0.1, -0.05) is 24.1 Å². The molecule has 1 saturated heterocycles. The number of pyridine rings is 1. The van der Waals surface area contributed by atoms with Crippen LogP contribution in [-0.2, 0) is 16.6 Å². The Bertz CT molecular complexity index is 1780. The number of nitrogens with two attached hydrogens (primary N) is 1. The van der Waals surface area contributed by atoms with Gasteiger partial charge in [0.2, 0.25) is 11.8 Å². The molecule has 1 aliphatic heterocycles. The second-order valence-corrected chi connectivity index (χ2v) is 11.4. The first-order chi connectivity index (χ1) is 21.9. The number of nitrogen functional groups attached to an aromatic ring is 1. The Morgan fingerprint density at radius 2 is 1.96 bits per heavy atom. The summed E-state index contributed by atoms with van der Waals surface area (Å²) in [5.74, 6) is 9.95. The number of nitrogens with zero attached hydrogens (tertiary/aromatic N) is 6. The molecule has 1 aliphatic carbocycles. The SMILES string of the molecule is COCCN(C)C/C=C/C(=O)N1C[C@@H]2C(C#Cc3c(-c4ccc(Oc5ccccn5)c(OC)c4)c4c(N)ncnc4n3C)[C@@H]2C1. The quantitative estimate of drug-likeness (QED) is 0.213. The number of likely N-dealkylation sites (tertiary alicyclic amines) is 1. The zero-order valence-electron chi connectivity index (χ0n) is 25.9. The molecule has 0 spiro atoms. The lowest BCUT2D eigenvalue weighted by Crippen LogP contribution is -2.30. The summed E-state index contributed by atoms with van der Waals surface area (Å²) in [6, 6.07) is 11.2. The monoisotopic (exact) mass is 607 g/mol. The number of anilines is 1. The molecule has 3 aromatic heterocycles. The summed E-state index contributed by atoms with van der Waals surface area (Å²) < 4.78 is 18.8. The number of ether oxygens (including phenoxy) is 3. The number of aromatic nitrogens is 4. The summed E-state index contributed by atoms with van der Waals surface area (Å²) in [7, 11) is 7.23. The molecule has 0 radical (unpaired) electrons.